The SMILES string of the molecule is CCC(CC)C(=O)OCC(=O)N1CCCC1. The number of carbonyl (C=O) groups is 2. The number of hydrogen-bond donors (Lipinski definition) is 0. The Morgan fingerprint density at radius 2 is 1.75 bits per heavy atom. The molecule has 0 unspecified atom stereocenters. The molecule has 0 aliphatic carbocycles. The highest BCUT2D eigenvalue weighted by Crippen LogP contribution is 2.11. The molecular formula is C12H21NO3. The van der Waals surface area contributed by atoms with E-state index in [0.717, 1.165) is 38.8 Å². The van der Waals surface area contributed by atoms with E-state index in [4.69, 9.17) is 4.74 Å². The van der Waals surface area contributed by atoms with Crippen molar-refractivity contribution in [3.05, 3.63) is 0 Å². The third-order valence-electron chi connectivity index (χ3n) is 3.12. The fourth-order valence-corrected chi connectivity index (χ4v) is 1.93. The average molecular weight is 227 g/mol. The number of amides is 1. The maximum Gasteiger partial charge on any atom is 0.309 e. The lowest BCUT2D eigenvalue weighted by molar-refractivity contribution is -0.155. The maximum atomic E-state index is 11.6. The Bertz CT molecular complexity index is 229. The number of ether oxygens (including phenoxy) is 1. The van der Waals surface area contributed by atoms with Crippen molar-refractivity contribution < 1.29 is 14.3 Å². The van der Waals surface area contributed by atoms with E-state index >= 15 is 0 Å². The van der Waals surface area contributed by atoms with E-state index in [1.165, 1.54) is 0 Å². The van der Waals surface area contributed by atoms with Crippen LogP contribution < -0.4 is 0 Å². The van der Waals surface area contributed by atoms with Crippen LogP contribution in [0.2, 0.25) is 0 Å². The van der Waals surface area contributed by atoms with Crippen LogP contribution >= 0.6 is 0 Å². The molecule has 0 aromatic heterocycles. The van der Waals surface area contributed by atoms with Crippen molar-refractivity contribution in [2.24, 2.45) is 5.92 Å². The van der Waals surface area contributed by atoms with Gasteiger partial charge < -0.3 is 9.64 Å². The zero-order valence-electron chi connectivity index (χ0n) is 10.2. The standard InChI is InChI=1S/C12H21NO3/c1-3-10(4-2)12(15)16-9-11(14)13-7-5-6-8-13/h10H,3-9H2,1-2H3. The summed E-state index contributed by atoms with van der Waals surface area (Å²) in [6.07, 6.45) is 3.67. The lowest BCUT2D eigenvalue weighted by Crippen LogP contribution is -2.33. The van der Waals surface area contributed by atoms with E-state index in [9.17, 15) is 9.59 Å². The summed E-state index contributed by atoms with van der Waals surface area (Å²) in [4.78, 5) is 24.9. The van der Waals surface area contributed by atoms with Crippen LogP contribution in [0.1, 0.15) is 39.5 Å². The topological polar surface area (TPSA) is 46.6 Å². The van der Waals surface area contributed by atoms with E-state index in [1.54, 1.807) is 4.90 Å². The Balaban J connectivity index is 2.27. The number of hydrogen-bond acceptors (Lipinski definition) is 3. The van der Waals surface area contributed by atoms with Crippen LogP contribution in [0.15, 0.2) is 0 Å². The van der Waals surface area contributed by atoms with Crippen LogP contribution in [0, 0.1) is 5.92 Å². The minimum Gasteiger partial charge on any atom is -0.455 e. The third-order valence-corrected chi connectivity index (χ3v) is 3.12. The molecule has 1 fully saturated rings. The van der Waals surface area contributed by atoms with E-state index in [2.05, 4.69) is 0 Å². The lowest BCUT2D eigenvalue weighted by Gasteiger charge is -2.16. The van der Waals surface area contributed by atoms with Gasteiger partial charge in [0.25, 0.3) is 5.91 Å². The van der Waals surface area contributed by atoms with Gasteiger partial charge in [-0.15, -0.1) is 0 Å². The molecular weight excluding hydrogens is 206 g/mol. The number of carbonyl (C=O) groups excluding carboxylic acids is 2. The molecule has 1 amide bonds. The molecule has 4 heteroatoms. The van der Waals surface area contributed by atoms with Crippen LogP contribution in [0.3, 0.4) is 0 Å². The van der Waals surface area contributed by atoms with E-state index in [-0.39, 0.29) is 24.4 Å². The van der Waals surface area contributed by atoms with Crippen molar-refractivity contribution in [2.45, 2.75) is 39.5 Å². The largest absolute Gasteiger partial charge is 0.455 e. The summed E-state index contributed by atoms with van der Waals surface area (Å²) >= 11 is 0. The second-order valence-corrected chi connectivity index (χ2v) is 4.21. The van der Waals surface area contributed by atoms with Gasteiger partial charge in [-0.1, -0.05) is 13.8 Å². The van der Waals surface area contributed by atoms with E-state index < -0.39 is 0 Å². The zero-order valence-corrected chi connectivity index (χ0v) is 10.2. The molecule has 4 nitrogen and oxygen atoms in total. The number of esters is 1. The predicted octanol–water partition coefficient (Wildman–Crippen LogP) is 1.59. The van der Waals surface area contributed by atoms with Crippen LogP contribution in [-0.4, -0.2) is 36.5 Å². The van der Waals surface area contributed by atoms with Gasteiger partial charge in [0, 0.05) is 13.1 Å². The second-order valence-electron chi connectivity index (χ2n) is 4.21. The Morgan fingerprint density at radius 1 is 1.19 bits per heavy atom. The molecule has 1 saturated heterocycles. The second kappa shape index (κ2) is 6.51. The number of likely N-dealkylation sites (tertiary alicyclic amines) is 1. The number of nitrogens with zero attached hydrogens (tertiary/aromatic N) is 1. The molecule has 0 aromatic rings. The molecule has 1 rings (SSSR count). The molecule has 0 aromatic carbocycles. The normalized spacial score (nSPS) is 15.6. The summed E-state index contributed by atoms with van der Waals surface area (Å²) in [5.74, 6) is -0.360. The smallest absolute Gasteiger partial charge is 0.309 e. The Kier molecular flexibility index (Phi) is 5.29. The quantitative estimate of drug-likeness (QED) is 0.670. The Labute approximate surface area is 96.9 Å². The molecule has 0 radical (unpaired) electrons. The van der Waals surface area contributed by atoms with Gasteiger partial charge in [-0.25, -0.2) is 0 Å². The monoisotopic (exact) mass is 227 g/mol. The molecule has 16 heavy (non-hydrogen) atoms. The fraction of sp³-hybridized carbons (Fsp3) is 0.833. The summed E-state index contributed by atoms with van der Waals surface area (Å²) in [5, 5.41) is 0. The highest BCUT2D eigenvalue weighted by Gasteiger charge is 2.21. The van der Waals surface area contributed by atoms with E-state index in [1.807, 2.05) is 13.8 Å². The molecule has 0 atom stereocenters. The van der Waals surface area contributed by atoms with Gasteiger partial charge >= 0.3 is 5.97 Å². The van der Waals surface area contributed by atoms with Gasteiger partial charge in [0.1, 0.15) is 0 Å². The van der Waals surface area contributed by atoms with Crippen molar-refractivity contribution >= 4 is 11.9 Å². The van der Waals surface area contributed by atoms with Gasteiger partial charge in [0.15, 0.2) is 6.61 Å². The first-order valence-electron chi connectivity index (χ1n) is 6.13. The highest BCUT2D eigenvalue weighted by molar-refractivity contribution is 5.81. The van der Waals surface area contributed by atoms with E-state index in [0.29, 0.717) is 0 Å². The lowest BCUT2D eigenvalue weighted by atomic mass is 10.0. The third kappa shape index (κ3) is 3.51. The van der Waals surface area contributed by atoms with Crippen molar-refractivity contribution in [2.75, 3.05) is 19.7 Å². The van der Waals surface area contributed by atoms with Crippen molar-refractivity contribution in [1.29, 1.82) is 0 Å². The van der Waals surface area contributed by atoms with Crippen LogP contribution in [-0.2, 0) is 14.3 Å². The summed E-state index contributed by atoms with van der Waals surface area (Å²) in [6, 6.07) is 0. The highest BCUT2D eigenvalue weighted by atomic mass is 16.5. The predicted molar refractivity (Wildman–Crippen MR) is 60.8 cm³/mol. The number of rotatable bonds is 5. The molecule has 0 spiro atoms. The zero-order chi connectivity index (χ0) is 12.0. The maximum absolute atomic E-state index is 11.6. The first kappa shape index (κ1) is 13.0. The van der Waals surface area contributed by atoms with Crippen molar-refractivity contribution in [3.63, 3.8) is 0 Å². The molecule has 0 bridgehead atoms. The Morgan fingerprint density at radius 3 is 2.25 bits per heavy atom. The van der Waals surface area contributed by atoms with Gasteiger partial charge in [0.05, 0.1) is 5.92 Å². The summed E-state index contributed by atoms with van der Waals surface area (Å²) in [5.41, 5.74) is 0. The minimum atomic E-state index is -0.238. The average Bonchev–Trinajstić information content (AvgIpc) is 2.81. The van der Waals surface area contributed by atoms with Crippen molar-refractivity contribution in [1.82, 2.24) is 4.90 Å². The van der Waals surface area contributed by atoms with Crippen LogP contribution in [0.5, 0.6) is 0 Å². The molecule has 1 aliphatic heterocycles. The van der Waals surface area contributed by atoms with Crippen LogP contribution in [0.25, 0.3) is 0 Å². The van der Waals surface area contributed by atoms with Crippen LogP contribution in [0.4, 0.5) is 0 Å². The van der Waals surface area contributed by atoms with Gasteiger partial charge in [-0.2, -0.15) is 0 Å². The molecule has 1 heterocycles. The molecule has 0 saturated carbocycles. The fourth-order valence-electron chi connectivity index (χ4n) is 1.93. The summed E-state index contributed by atoms with van der Waals surface area (Å²) in [6.45, 7) is 5.44. The first-order valence-corrected chi connectivity index (χ1v) is 6.13. The Hall–Kier alpha value is -1.06. The molecule has 92 valence electrons. The van der Waals surface area contributed by atoms with Gasteiger partial charge in [0.2, 0.25) is 0 Å². The van der Waals surface area contributed by atoms with Gasteiger partial charge in [-0.3, -0.25) is 9.59 Å². The molecule has 1 aliphatic rings. The summed E-state index contributed by atoms with van der Waals surface area (Å²) in [7, 11) is 0. The summed E-state index contributed by atoms with van der Waals surface area (Å²) < 4.78 is 5.03. The molecule has 0 N–H and O–H groups in total. The minimum absolute atomic E-state index is 0.0585. The van der Waals surface area contributed by atoms with Gasteiger partial charge in [-0.05, 0) is 25.7 Å². The first-order chi connectivity index (χ1) is 7.69. The van der Waals surface area contributed by atoms with Crippen molar-refractivity contribution in [3.8, 4) is 0 Å².